The lowest BCUT2D eigenvalue weighted by Gasteiger charge is -2.34. The molecule has 3 rings (SSSR count). The van der Waals surface area contributed by atoms with Crippen molar-refractivity contribution in [1.82, 2.24) is 4.90 Å². The van der Waals surface area contributed by atoms with Gasteiger partial charge >= 0.3 is 0 Å². The van der Waals surface area contributed by atoms with Gasteiger partial charge in [0.2, 0.25) is 0 Å². The number of nitrogens with zero attached hydrogens (tertiary/aromatic N) is 1. The minimum absolute atomic E-state index is 0.0590. The molecule has 1 amide bonds. The monoisotopic (exact) mass is 353 g/mol. The van der Waals surface area contributed by atoms with Crippen LogP contribution in [0.25, 0.3) is 0 Å². The quantitative estimate of drug-likeness (QED) is 0.749. The fourth-order valence-corrected chi connectivity index (χ4v) is 4.23. The zero-order valence-electron chi connectivity index (χ0n) is 12.2. The number of benzene rings is 1. The molecule has 4 heteroatoms. The first-order valence-electron chi connectivity index (χ1n) is 7.93. The lowest BCUT2D eigenvalue weighted by Crippen LogP contribution is -2.40. The van der Waals surface area contributed by atoms with E-state index in [1.54, 1.807) is 12.1 Å². The summed E-state index contributed by atoms with van der Waals surface area (Å²) in [5.41, 5.74) is 0.589. The normalized spacial score (nSPS) is 23.5. The number of hydrogen-bond donors (Lipinski definition) is 0. The maximum absolute atomic E-state index is 13.3. The third-order valence-corrected chi connectivity index (χ3v) is 5.53. The Morgan fingerprint density at radius 3 is 2.62 bits per heavy atom. The highest BCUT2D eigenvalue weighted by Gasteiger charge is 2.35. The summed E-state index contributed by atoms with van der Waals surface area (Å²) in [5.74, 6) is 0.398. The topological polar surface area (TPSA) is 20.3 Å². The van der Waals surface area contributed by atoms with Crippen molar-refractivity contribution in [2.24, 2.45) is 5.92 Å². The SMILES string of the molecule is O=C(c1ccc(F)c(Br)c1)N1CCCC1C1CCCCC1. The molecule has 0 spiro atoms. The van der Waals surface area contributed by atoms with Gasteiger partial charge in [-0.1, -0.05) is 19.3 Å². The van der Waals surface area contributed by atoms with Gasteiger partial charge in [-0.05, 0) is 65.7 Å². The molecule has 114 valence electrons. The van der Waals surface area contributed by atoms with Gasteiger partial charge in [0, 0.05) is 18.2 Å². The molecule has 1 atom stereocenters. The molecule has 1 aliphatic heterocycles. The third-order valence-electron chi connectivity index (χ3n) is 4.92. The second kappa shape index (κ2) is 6.47. The molecular formula is C17H21BrFNO. The highest BCUT2D eigenvalue weighted by molar-refractivity contribution is 9.10. The molecule has 1 aromatic rings. The van der Waals surface area contributed by atoms with Crippen molar-refractivity contribution >= 4 is 21.8 Å². The maximum Gasteiger partial charge on any atom is 0.254 e. The maximum atomic E-state index is 13.3. The van der Waals surface area contributed by atoms with Crippen LogP contribution in [0.4, 0.5) is 4.39 Å². The first-order chi connectivity index (χ1) is 10.2. The summed E-state index contributed by atoms with van der Waals surface area (Å²) >= 11 is 3.17. The van der Waals surface area contributed by atoms with Crippen LogP contribution in [0.1, 0.15) is 55.3 Å². The molecule has 1 unspecified atom stereocenters. The van der Waals surface area contributed by atoms with Crippen molar-refractivity contribution in [3.05, 3.63) is 34.1 Å². The van der Waals surface area contributed by atoms with Crippen molar-refractivity contribution in [1.29, 1.82) is 0 Å². The minimum Gasteiger partial charge on any atom is -0.335 e. The molecular weight excluding hydrogens is 333 g/mol. The molecule has 0 aromatic heterocycles. The van der Waals surface area contributed by atoms with Crippen LogP contribution in [0.15, 0.2) is 22.7 Å². The Kier molecular flexibility index (Phi) is 4.63. The number of rotatable bonds is 2. The summed E-state index contributed by atoms with van der Waals surface area (Å²) in [6, 6.07) is 4.96. The van der Waals surface area contributed by atoms with E-state index >= 15 is 0 Å². The lowest BCUT2D eigenvalue weighted by molar-refractivity contribution is 0.0661. The zero-order chi connectivity index (χ0) is 14.8. The molecule has 2 nitrogen and oxygen atoms in total. The van der Waals surface area contributed by atoms with Gasteiger partial charge < -0.3 is 4.90 Å². The van der Waals surface area contributed by atoms with Crippen LogP contribution in [-0.4, -0.2) is 23.4 Å². The highest BCUT2D eigenvalue weighted by Crippen LogP contribution is 2.35. The molecule has 0 bridgehead atoms. The molecule has 1 saturated heterocycles. The Morgan fingerprint density at radius 2 is 1.90 bits per heavy atom. The summed E-state index contributed by atoms with van der Waals surface area (Å²) in [5, 5.41) is 0. The first-order valence-corrected chi connectivity index (χ1v) is 8.72. The number of likely N-dealkylation sites (tertiary alicyclic amines) is 1. The fourth-order valence-electron chi connectivity index (χ4n) is 3.85. The van der Waals surface area contributed by atoms with Crippen molar-refractivity contribution < 1.29 is 9.18 Å². The van der Waals surface area contributed by atoms with E-state index in [1.165, 1.54) is 38.2 Å². The number of halogens is 2. The second-order valence-corrected chi connectivity index (χ2v) is 7.09. The molecule has 21 heavy (non-hydrogen) atoms. The van der Waals surface area contributed by atoms with Crippen LogP contribution >= 0.6 is 15.9 Å². The van der Waals surface area contributed by atoms with E-state index in [-0.39, 0.29) is 11.7 Å². The van der Waals surface area contributed by atoms with Crippen LogP contribution in [0, 0.1) is 11.7 Å². The van der Waals surface area contributed by atoms with Gasteiger partial charge in [-0.25, -0.2) is 4.39 Å². The standard InChI is InChI=1S/C17H21BrFNO/c18-14-11-13(8-9-15(14)19)17(21)20-10-4-7-16(20)12-5-2-1-3-6-12/h8-9,11-12,16H,1-7,10H2. The highest BCUT2D eigenvalue weighted by atomic mass is 79.9. The Bertz CT molecular complexity index is 528. The molecule has 2 fully saturated rings. The smallest absolute Gasteiger partial charge is 0.254 e. The molecule has 2 aliphatic rings. The Balaban J connectivity index is 1.77. The second-order valence-electron chi connectivity index (χ2n) is 6.24. The first kappa shape index (κ1) is 15.0. The van der Waals surface area contributed by atoms with Gasteiger partial charge in [0.1, 0.15) is 5.82 Å². The largest absolute Gasteiger partial charge is 0.335 e. The summed E-state index contributed by atoms with van der Waals surface area (Å²) < 4.78 is 13.7. The van der Waals surface area contributed by atoms with Crippen molar-refractivity contribution in [3.8, 4) is 0 Å². The lowest BCUT2D eigenvalue weighted by atomic mass is 9.83. The molecule has 0 N–H and O–H groups in total. The van der Waals surface area contributed by atoms with E-state index in [2.05, 4.69) is 15.9 Å². The van der Waals surface area contributed by atoms with Crippen LogP contribution < -0.4 is 0 Å². The fraction of sp³-hybridized carbons (Fsp3) is 0.588. The molecule has 1 aromatic carbocycles. The van der Waals surface area contributed by atoms with E-state index in [0.29, 0.717) is 22.0 Å². The van der Waals surface area contributed by atoms with E-state index < -0.39 is 0 Å². The van der Waals surface area contributed by atoms with Crippen LogP contribution in [0.5, 0.6) is 0 Å². The predicted molar refractivity (Wildman–Crippen MR) is 84.7 cm³/mol. The summed E-state index contributed by atoms with van der Waals surface area (Å²) in [4.78, 5) is 14.8. The average Bonchev–Trinajstić information content (AvgIpc) is 2.99. The number of carbonyl (C=O) groups is 1. The molecule has 1 heterocycles. The molecule has 1 aliphatic carbocycles. The van der Waals surface area contributed by atoms with Crippen LogP contribution in [-0.2, 0) is 0 Å². The van der Waals surface area contributed by atoms with Gasteiger partial charge in [-0.15, -0.1) is 0 Å². The van der Waals surface area contributed by atoms with Crippen molar-refractivity contribution in [3.63, 3.8) is 0 Å². The Labute approximate surface area is 133 Å². The summed E-state index contributed by atoms with van der Waals surface area (Å²) in [7, 11) is 0. The van der Waals surface area contributed by atoms with E-state index in [9.17, 15) is 9.18 Å². The minimum atomic E-state index is -0.322. The Morgan fingerprint density at radius 1 is 1.14 bits per heavy atom. The molecule has 0 radical (unpaired) electrons. The van der Waals surface area contributed by atoms with Gasteiger partial charge in [-0.3, -0.25) is 4.79 Å². The van der Waals surface area contributed by atoms with Crippen molar-refractivity contribution in [2.75, 3.05) is 6.54 Å². The zero-order valence-corrected chi connectivity index (χ0v) is 13.7. The number of carbonyl (C=O) groups excluding carboxylic acids is 1. The van der Waals surface area contributed by atoms with Crippen LogP contribution in [0.2, 0.25) is 0 Å². The van der Waals surface area contributed by atoms with Gasteiger partial charge in [-0.2, -0.15) is 0 Å². The van der Waals surface area contributed by atoms with Gasteiger partial charge in [0.15, 0.2) is 0 Å². The van der Waals surface area contributed by atoms with Crippen molar-refractivity contribution in [2.45, 2.75) is 51.0 Å². The van der Waals surface area contributed by atoms with E-state index in [4.69, 9.17) is 0 Å². The van der Waals surface area contributed by atoms with E-state index in [1.807, 2.05) is 4.90 Å². The average molecular weight is 354 g/mol. The Hall–Kier alpha value is -0.900. The predicted octanol–water partition coefficient (Wildman–Crippen LogP) is 4.77. The number of hydrogen-bond acceptors (Lipinski definition) is 1. The summed E-state index contributed by atoms with van der Waals surface area (Å²) in [6.07, 6.45) is 8.65. The third kappa shape index (κ3) is 3.15. The van der Waals surface area contributed by atoms with Gasteiger partial charge in [0.25, 0.3) is 5.91 Å². The number of amides is 1. The summed E-state index contributed by atoms with van der Waals surface area (Å²) in [6.45, 7) is 0.842. The van der Waals surface area contributed by atoms with E-state index in [0.717, 1.165) is 19.4 Å². The van der Waals surface area contributed by atoms with Gasteiger partial charge in [0.05, 0.1) is 4.47 Å². The van der Waals surface area contributed by atoms with Crippen LogP contribution in [0.3, 0.4) is 0 Å². The molecule has 1 saturated carbocycles.